The number of Topliss-reactive ketones (excluding diaryl/α,β-unsaturated/α-hetero) is 1. The zero-order chi connectivity index (χ0) is 24.7. The predicted octanol–water partition coefficient (Wildman–Crippen LogP) is 4.47. The van der Waals surface area contributed by atoms with Crippen LogP contribution in [0.25, 0.3) is 5.76 Å². The Balaban J connectivity index is 2.13. The summed E-state index contributed by atoms with van der Waals surface area (Å²) >= 11 is 0. The monoisotopic (exact) mass is 471 g/mol. The van der Waals surface area contributed by atoms with Gasteiger partial charge in [-0.15, -0.1) is 0 Å². The van der Waals surface area contributed by atoms with E-state index in [1.165, 1.54) is 29.2 Å². The van der Waals surface area contributed by atoms with Gasteiger partial charge in [-0.3, -0.25) is 9.59 Å². The number of aliphatic hydroxyl groups is 1. The third kappa shape index (κ3) is 5.39. The van der Waals surface area contributed by atoms with Gasteiger partial charge >= 0.3 is 0 Å². The highest BCUT2D eigenvalue weighted by Crippen LogP contribution is 2.42. The summed E-state index contributed by atoms with van der Waals surface area (Å²) < 4.78 is 30.1. The van der Waals surface area contributed by atoms with E-state index < -0.39 is 23.5 Å². The molecule has 1 N–H and O–H groups in total. The lowest BCUT2D eigenvalue weighted by molar-refractivity contribution is -0.140. The van der Waals surface area contributed by atoms with Crippen molar-refractivity contribution < 1.29 is 33.3 Å². The van der Waals surface area contributed by atoms with Crippen molar-refractivity contribution in [1.82, 2.24) is 4.90 Å². The van der Waals surface area contributed by atoms with Gasteiger partial charge in [0.1, 0.15) is 11.6 Å². The van der Waals surface area contributed by atoms with Gasteiger partial charge in [-0.1, -0.05) is 13.0 Å². The van der Waals surface area contributed by atoms with E-state index in [2.05, 4.69) is 0 Å². The standard InChI is InChI=1S/C26H30FNO6/c1-4-14-34-20-12-9-18(16-21(20)33-5-2)23-22(24(29)17-7-10-19(27)11-8-17)25(30)26(31)28(23)13-6-15-32-3/h7-12,16,23,29H,4-6,13-15H2,1-3H3/b24-22+. The molecule has 3 rings (SSSR count). The van der Waals surface area contributed by atoms with E-state index in [9.17, 15) is 19.1 Å². The molecule has 0 spiro atoms. The van der Waals surface area contributed by atoms with Crippen molar-refractivity contribution in [2.75, 3.05) is 33.5 Å². The van der Waals surface area contributed by atoms with Crippen molar-refractivity contribution in [3.05, 3.63) is 65.0 Å². The number of halogens is 1. The van der Waals surface area contributed by atoms with Gasteiger partial charge in [0.25, 0.3) is 11.7 Å². The smallest absolute Gasteiger partial charge is 0.295 e. The molecular formula is C26H30FNO6. The first kappa shape index (κ1) is 25.2. The van der Waals surface area contributed by atoms with Crippen LogP contribution in [0.5, 0.6) is 11.5 Å². The van der Waals surface area contributed by atoms with Gasteiger partial charge in [-0.2, -0.15) is 0 Å². The van der Waals surface area contributed by atoms with Crippen LogP contribution in [-0.4, -0.2) is 55.2 Å². The molecule has 2 aromatic rings. The number of carbonyl (C=O) groups excluding carboxylic acids is 2. The minimum atomic E-state index is -0.846. The molecule has 2 aromatic carbocycles. The minimum absolute atomic E-state index is 0.0568. The lowest BCUT2D eigenvalue weighted by Crippen LogP contribution is -2.31. The van der Waals surface area contributed by atoms with Crippen LogP contribution in [0.1, 0.15) is 43.9 Å². The SMILES string of the molecule is CCCOc1ccc(C2/C(=C(\O)c3ccc(F)cc3)C(=O)C(=O)N2CCCOC)cc1OCC. The lowest BCUT2D eigenvalue weighted by atomic mass is 9.95. The third-order valence-corrected chi connectivity index (χ3v) is 5.45. The molecule has 1 amide bonds. The number of likely N-dealkylation sites (tertiary alicyclic amines) is 1. The number of carbonyl (C=O) groups is 2. The molecule has 1 fully saturated rings. The summed E-state index contributed by atoms with van der Waals surface area (Å²) in [5, 5.41) is 11.0. The average molecular weight is 472 g/mol. The predicted molar refractivity (Wildman–Crippen MR) is 125 cm³/mol. The molecule has 7 nitrogen and oxygen atoms in total. The average Bonchev–Trinajstić information content (AvgIpc) is 3.08. The molecule has 0 saturated carbocycles. The summed E-state index contributed by atoms with van der Waals surface area (Å²) in [6.45, 7) is 5.41. The highest BCUT2D eigenvalue weighted by molar-refractivity contribution is 6.46. The summed E-state index contributed by atoms with van der Waals surface area (Å²) in [7, 11) is 1.56. The zero-order valence-electron chi connectivity index (χ0n) is 19.7. The van der Waals surface area contributed by atoms with Crippen LogP contribution in [0.2, 0.25) is 0 Å². The lowest BCUT2D eigenvalue weighted by Gasteiger charge is -2.26. The Kier molecular flexibility index (Phi) is 8.65. The zero-order valence-corrected chi connectivity index (χ0v) is 19.7. The molecule has 1 atom stereocenters. The third-order valence-electron chi connectivity index (χ3n) is 5.45. The number of nitrogens with zero attached hydrogens (tertiary/aromatic N) is 1. The van der Waals surface area contributed by atoms with E-state index in [0.29, 0.717) is 43.3 Å². The van der Waals surface area contributed by atoms with E-state index in [4.69, 9.17) is 14.2 Å². The van der Waals surface area contributed by atoms with Crippen LogP contribution in [0, 0.1) is 5.82 Å². The van der Waals surface area contributed by atoms with Crippen LogP contribution in [0.15, 0.2) is 48.0 Å². The van der Waals surface area contributed by atoms with Crippen molar-refractivity contribution in [3.63, 3.8) is 0 Å². The number of amides is 1. The van der Waals surface area contributed by atoms with Crippen LogP contribution in [-0.2, 0) is 14.3 Å². The van der Waals surface area contributed by atoms with E-state index >= 15 is 0 Å². The molecule has 0 aromatic heterocycles. The number of hydrogen-bond donors (Lipinski definition) is 1. The summed E-state index contributed by atoms with van der Waals surface area (Å²) in [5.41, 5.74) is 0.778. The molecule has 0 radical (unpaired) electrons. The van der Waals surface area contributed by atoms with Crippen molar-refractivity contribution >= 4 is 17.4 Å². The van der Waals surface area contributed by atoms with E-state index in [1.54, 1.807) is 25.3 Å². The first-order valence-electron chi connectivity index (χ1n) is 11.4. The highest BCUT2D eigenvalue weighted by atomic mass is 19.1. The Labute approximate surface area is 198 Å². The summed E-state index contributed by atoms with van der Waals surface area (Å²) in [4.78, 5) is 27.5. The maximum absolute atomic E-state index is 13.4. The molecule has 8 heteroatoms. The van der Waals surface area contributed by atoms with Crippen LogP contribution < -0.4 is 9.47 Å². The summed E-state index contributed by atoms with van der Waals surface area (Å²) in [6.07, 6.45) is 1.33. The quantitative estimate of drug-likeness (QED) is 0.225. The van der Waals surface area contributed by atoms with E-state index in [0.717, 1.165) is 6.42 Å². The number of aliphatic hydroxyl groups excluding tert-OH is 1. The molecule has 182 valence electrons. The molecule has 1 heterocycles. The maximum Gasteiger partial charge on any atom is 0.295 e. The second-order valence-electron chi connectivity index (χ2n) is 7.83. The van der Waals surface area contributed by atoms with Crippen LogP contribution in [0.4, 0.5) is 4.39 Å². The van der Waals surface area contributed by atoms with Crippen molar-refractivity contribution in [2.24, 2.45) is 0 Å². The fourth-order valence-corrected chi connectivity index (χ4v) is 3.89. The second-order valence-corrected chi connectivity index (χ2v) is 7.83. The van der Waals surface area contributed by atoms with Crippen LogP contribution >= 0.6 is 0 Å². The number of methoxy groups -OCH3 is 1. The molecule has 0 aliphatic carbocycles. The van der Waals surface area contributed by atoms with Gasteiger partial charge in [0.05, 0.1) is 24.8 Å². The van der Waals surface area contributed by atoms with Crippen molar-refractivity contribution in [2.45, 2.75) is 32.7 Å². The van der Waals surface area contributed by atoms with Crippen molar-refractivity contribution in [3.8, 4) is 11.5 Å². The number of rotatable bonds is 11. The molecule has 1 saturated heterocycles. The Morgan fingerprint density at radius 3 is 2.41 bits per heavy atom. The van der Waals surface area contributed by atoms with Crippen molar-refractivity contribution in [1.29, 1.82) is 0 Å². The Hall–Kier alpha value is -3.39. The van der Waals surface area contributed by atoms with Crippen LogP contribution in [0.3, 0.4) is 0 Å². The van der Waals surface area contributed by atoms with E-state index in [1.807, 2.05) is 13.8 Å². The van der Waals surface area contributed by atoms with Gasteiger partial charge in [0.2, 0.25) is 0 Å². The van der Waals surface area contributed by atoms with Gasteiger partial charge in [0, 0.05) is 25.8 Å². The number of benzene rings is 2. The summed E-state index contributed by atoms with van der Waals surface area (Å²) in [6, 6.07) is 9.49. The first-order valence-corrected chi connectivity index (χ1v) is 11.4. The number of hydrogen-bond acceptors (Lipinski definition) is 6. The van der Waals surface area contributed by atoms with Gasteiger partial charge in [-0.25, -0.2) is 4.39 Å². The second kappa shape index (κ2) is 11.7. The maximum atomic E-state index is 13.4. The Morgan fingerprint density at radius 2 is 1.76 bits per heavy atom. The van der Waals surface area contributed by atoms with Gasteiger partial charge in [-0.05, 0) is 61.7 Å². The normalized spacial score (nSPS) is 17.3. The van der Waals surface area contributed by atoms with E-state index in [-0.39, 0.29) is 23.4 Å². The molecule has 1 aliphatic rings. The van der Waals surface area contributed by atoms with Gasteiger partial charge in [0.15, 0.2) is 11.5 Å². The highest BCUT2D eigenvalue weighted by Gasteiger charge is 2.46. The fourth-order valence-electron chi connectivity index (χ4n) is 3.89. The first-order chi connectivity index (χ1) is 16.4. The molecule has 0 bridgehead atoms. The number of ketones is 1. The molecular weight excluding hydrogens is 441 g/mol. The summed E-state index contributed by atoms with van der Waals surface area (Å²) in [5.74, 6) is -1.30. The topological polar surface area (TPSA) is 85.3 Å². The minimum Gasteiger partial charge on any atom is -0.507 e. The Bertz CT molecular complexity index is 1050. The number of ether oxygens (including phenoxy) is 3. The van der Waals surface area contributed by atoms with Gasteiger partial charge < -0.3 is 24.2 Å². The molecule has 1 unspecified atom stereocenters. The Morgan fingerprint density at radius 1 is 1.03 bits per heavy atom. The molecule has 1 aliphatic heterocycles. The fraction of sp³-hybridized carbons (Fsp3) is 0.385. The molecule has 34 heavy (non-hydrogen) atoms. The largest absolute Gasteiger partial charge is 0.507 e.